The zero-order valence-electron chi connectivity index (χ0n) is 6.79. The fourth-order valence-corrected chi connectivity index (χ4v) is 1.24. The molecule has 1 aliphatic heterocycles. The highest BCUT2D eigenvalue weighted by atomic mass is 16.6. The number of rotatable bonds is 2. The molecule has 4 N–H and O–H groups in total. The molecule has 5 atom stereocenters. The molecule has 1 rings (SSSR count). The predicted molar refractivity (Wildman–Crippen MR) is 39.2 cm³/mol. The van der Waals surface area contributed by atoms with Gasteiger partial charge in [0, 0.05) is 0 Å². The minimum Gasteiger partial charge on any atom is -0.390 e. The highest BCUT2D eigenvalue weighted by molar-refractivity contribution is 4.89. The lowest BCUT2D eigenvalue weighted by atomic mass is 10.0. The monoisotopic (exact) mass is 178 g/mol. The molecule has 5 nitrogen and oxygen atoms in total. The van der Waals surface area contributed by atoms with Gasteiger partial charge in [-0.15, -0.1) is 0 Å². The Balaban J connectivity index is 2.58. The maximum absolute atomic E-state index is 9.26. The van der Waals surface area contributed by atoms with Crippen LogP contribution in [0.25, 0.3) is 0 Å². The van der Waals surface area contributed by atoms with Crippen LogP contribution in [0.1, 0.15) is 13.3 Å². The highest BCUT2D eigenvalue weighted by Gasteiger charge is 2.44. The third-order valence-corrected chi connectivity index (χ3v) is 2.07. The van der Waals surface area contributed by atoms with E-state index >= 15 is 0 Å². The van der Waals surface area contributed by atoms with Crippen molar-refractivity contribution in [3.63, 3.8) is 0 Å². The van der Waals surface area contributed by atoms with Gasteiger partial charge in [0.1, 0.15) is 18.3 Å². The van der Waals surface area contributed by atoms with Gasteiger partial charge in [-0.05, 0) is 6.42 Å². The van der Waals surface area contributed by atoms with Gasteiger partial charge in [-0.2, -0.15) is 0 Å². The Kier molecular flexibility index (Phi) is 3.03. The first-order valence-corrected chi connectivity index (χ1v) is 3.95. The fourth-order valence-electron chi connectivity index (χ4n) is 1.24. The van der Waals surface area contributed by atoms with E-state index in [1.807, 2.05) is 0 Å². The van der Waals surface area contributed by atoms with Crippen molar-refractivity contribution < 1.29 is 25.2 Å². The predicted octanol–water partition coefficient (Wildman–Crippen LogP) is -1.80. The van der Waals surface area contributed by atoms with E-state index in [0.717, 1.165) is 0 Å². The third-order valence-electron chi connectivity index (χ3n) is 2.07. The summed E-state index contributed by atoms with van der Waals surface area (Å²) in [7, 11) is 0. The summed E-state index contributed by atoms with van der Waals surface area (Å²) in [6.07, 6.45) is -5.27. The van der Waals surface area contributed by atoms with Crippen molar-refractivity contribution in [3.8, 4) is 0 Å². The van der Waals surface area contributed by atoms with E-state index in [9.17, 15) is 10.2 Å². The van der Waals surface area contributed by atoms with Gasteiger partial charge in [-0.1, -0.05) is 6.92 Å². The first-order valence-electron chi connectivity index (χ1n) is 3.95. The first kappa shape index (κ1) is 9.88. The van der Waals surface area contributed by atoms with Crippen LogP contribution in [0, 0.1) is 0 Å². The maximum atomic E-state index is 9.26. The minimum absolute atomic E-state index is 0.404. The normalized spacial score (nSPS) is 44.8. The van der Waals surface area contributed by atoms with E-state index in [-0.39, 0.29) is 0 Å². The van der Waals surface area contributed by atoms with Gasteiger partial charge in [-0.25, -0.2) is 0 Å². The summed E-state index contributed by atoms with van der Waals surface area (Å²) in [6, 6.07) is 0. The summed E-state index contributed by atoms with van der Waals surface area (Å²) in [5.74, 6) is 0. The summed E-state index contributed by atoms with van der Waals surface area (Å²) in [6.45, 7) is 1.72. The first-order chi connectivity index (χ1) is 5.57. The van der Waals surface area contributed by atoms with Gasteiger partial charge in [0.05, 0.1) is 6.10 Å². The third kappa shape index (κ3) is 1.60. The Bertz CT molecular complexity index is 151. The van der Waals surface area contributed by atoms with Crippen molar-refractivity contribution in [1.82, 2.24) is 0 Å². The standard InChI is InChI=1S/C7H14O5/c1-2-3(8)6-4(9)5(10)7(11)12-6/h3-11H,2H2,1H3/t3-,4-,5-,6+,7-/m0/s1. The van der Waals surface area contributed by atoms with E-state index in [0.29, 0.717) is 6.42 Å². The number of ether oxygens (including phenoxy) is 1. The molecule has 1 fully saturated rings. The van der Waals surface area contributed by atoms with Crippen LogP contribution in [0.15, 0.2) is 0 Å². The van der Waals surface area contributed by atoms with E-state index in [1.165, 1.54) is 0 Å². The average Bonchev–Trinajstić information content (AvgIpc) is 2.32. The van der Waals surface area contributed by atoms with E-state index < -0.39 is 30.7 Å². The Labute approximate surface area is 70.2 Å². The number of hydrogen-bond donors (Lipinski definition) is 4. The number of aliphatic hydroxyl groups is 4. The molecule has 1 aliphatic rings. The largest absolute Gasteiger partial charge is 0.390 e. The topological polar surface area (TPSA) is 90.2 Å². The van der Waals surface area contributed by atoms with Crippen LogP contribution < -0.4 is 0 Å². The minimum atomic E-state index is -1.40. The molecular formula is C7H14O5. The van der Waals surface area contributed by atoms with Crippen LogP contribution in [-0.4, -0.2) is 51.1 Å². The SMILES string of the molecule is CC[C@H](O)[C@H]1O[C@H](O)[C@@H](O)[C@@H]1O. The highest BCUT2D eigenvalue weighted by Crippen LogP contribution is 2.23. The Morgan fingerprint density at radius 2 is 1.83 bits per heavy atom. The molecule has 0 aromatic heterocycles. The Morgan fingerprint density at radius 1 is 1.25 bits per heavy atom. The summed E-state index contributed by atoms with van der Waals surface area (Å²) < 4.78 is 4.74. The van der Waals surface area contributed by atoms with E-state index in [4.69, 9.17) is 14.9 Å². The molecule has 0 bridgehead atoms. The molecule has 5 heteroatoms. The van der Waals surface area contributed by atoms with Crippen molar-refractivity contribution in [2.24, 2.45) is 0 Å². The molecule has 0 radical (unpaired) electrons. The molecule has 0 unspecified atom stereocenters. The lowest BCUT2D eigenvalue weighted by Crippen LogP contribution is -2.38. The van der Waals surface area contributed by atoms with Gasteiger partial charge < -0.3 is 25.2 Å². The van der Waals surface area contributed by atoms with Gasteiger partial charge in [0.15, 0.2) is 6.29 Å². The zero-order valence-corrected chi connectivity index (χ0v) is 6.79. The summed E-state index contributed by atoms with van der Waals surface area (Å²) >= 11 is 0. The lowest BCUT2D eigenvalue weighted by Gasteiger charge is -2.18. The second-order valence-electron chi connectivity index (χ2n) is 2.95. The molecule has 12 heavy (non-hydrogen) atoms. The molecule has 0 spiro atoms. The molecule has 0 aliphatic carbocycles. The van der Waals surface area contributed by atoms with Gasteiger partial charge >= 0.3 is 0 Å². The second-order valence-corrected chi connectivity index (χ2v) is 2.95. The van der Waals surface area contributed by atoms with Crippen molar-refractivity contribution in [1.29, 1.82) is 0 Å². The van der Waals surface area contributed by atoms with Crippen LogP contribution >= 0.6 is 0 Å². The molecule has 1 saturated heterocycles. The summed E-state index contributed by atoms with van der Waals surface area (Å²) in [4.78, 5) is 0. The fraction of sp³-hybridized carbons (Fsp3) is 1.00. The Hall–Kier alpha value is -0.200. The summed E-state index contributed by atoms with van der Waals surface area (Å²) in [5, 5.41) is 36.5. The van der Waals surface area contributed by atoms with Crippen LogP contribution in [0.5, 0.6) is 0 Å². The van der Waals surface area contributed by atoms with Gasteiger partial charge in [0.2, 0.25) is 0 Å². The van der Waals surface area contributed by atoms with Crippen LogP contribution in [-0.2, 0) is 4.74 Å². The quantitative estimate of drug-likeness (QED) is 0.400. The van der Waals surface area contributed by atoms with Gasteiger partial charge in [-0.3, -0.25) is 0 Å². The smallest absolute Gasteiger partial charge is 0.184 e. The number of aliphatic hydroxyl groups excluding tert-OH is 4. The van der Waals surface area contributed by atoms with Crippen LogP contribution in [0.4, 0.5) is 0 Å². The summed E-state index contributed by atoms with van der Waals surface area (Å²) in [5.41, 5.74) is 0. The van der Waals surface area contributed by atoms with Crippen molar-refractivity contribution >= 4 is 0 Å². The second kappa shape index (κ2) is 3.68. The molecule has 0 amide bonds. The zero-order chi connectivity index (χ0) is 9.30. The van der Waals surface area contributed by atoms with Crippen LogP contribution in [0.3, 0.4) is 0 Å². The average molecular weight is 178 g/mol. The van der Waals surface area contributed by atoms with Gasteiger partial charge in [0.25, 0.3) is 0 Å². The van der Waals surface area contributed by atoms with Crippen LogP contribution in [0.2, 0.25) is 0 Å². The Morgan fingerprint density at radius 3 is 2.17 bits per heavy atom. The van der Waals surface area contributed by atoms with Crippen molar-refractivity contribution in [2.75, 3.05) is 0 Å². The molecule has 0 aromatic carbocycles. The maximum Gasteiger partial charge on any atom is 0.184 e. The van der Waals surface area contributed by atoms with Crippen molar-refractivity contribution in [3.05, 3.63) is 0 Å². The number of hydrogen-bond acceptors (Lipinski definition) is 5. The van der Waals surface area contributed by atoms with E-state index in [2.05, 4.69) is 0 Å². The van der Waals surface area contributed by atoms with Crippen molar-refractivity contribution in [2.45, 2.75) is 44.1 Å². The molecular weight excluding hydrogens is 164 g/mol. The molecule has 1 heterocycles. The molecule has 72 valence electrons. The van der Waals surface area contributed by atoms with E-state index in [1.54, 1.807) is 6.92 Å². The molecule has 0 saturated carbocycles. The molecule has 0 aromatic rings. The lowest BCUT2D eigenvalue weighted by molar-refractivity contribution is -0.146.